The Hall–Kier alpha value is -0.520. The van der Waals surface area contributed by atoms with Crippen molar-refractivity contribution >= 4 is 0 Å². The minimum absolute atomic E-state index is 0.101. The second kappa shape index (κ2) is 3.81. The highest BCUT2D eigenvalue weighted by atomic mass is 15.3. The number of nitrogens with zero attached hydrogens (tertiary/aromatic N) is 1. The van der Waals surface area contributed by atoms with Crippen LogP contribution in [0.3, 0.4) is 0 Å². The summed E-state index contributed by atoms with van der Waals surface area (Å²) in [5, 5.41) is 0. The van der Waals surface area contributed by atoms with E-state index in [1.54, 1.807) is 0 Å². The molecule has 0 aromatic carbocycles. The van der Waals surface area contributed by atoms with Crippen LogP contribution in [0, 0.1) is 12.3 Å². The Morgan fingerprint density at radius 2 is 1.80 bits per heavy atom. The van der Waals surface area contributed by atoms with Crippen LogP contribution in [0.2, 0.25) is 0 Å². The van der Waals surface area contributed by atoms with Gasteiger partial charge in [0.05, 0.1) is 5.54 Å². The smallest absolute Gasteiger partial charge is 0.0770 e. The van der Waals surface area contributed by atoms with Gasteiger partial charge in [-0.2, -0.15) is 0 Å². The minimum atomic E-state index is -0.101. The molecule has 2 saturated heterocycles. The molecule has 2 rings (SSSR count). The number of hydrogen-bond donors (Lipinski definition) is 1. The first-order valence-corrected chi connectivity index (χ1v) is 6.06. The van der Waals surface area contributed by atoms with Crippen molar-refractivity contribution < 1.29 is 0 Å². The quantitative estimate of drug-likeness (QED) is 0.662. The van der Waals surface area contributed by atoms with Crippen LogP contribution in [0.1, 0.15) is 46.0 Å². The SMILES string of the molecule is C#CC(C)(C)N1C2CCCC1CC(N)C2. The van der Waals surface area contributed by atoms with E-state index in [2.05, 4.69) is 24.7 Å². The number of hydrogen-bond acceptors (Lipinski definition) is 2. The van der Waals surface area contributed by atoms with Gasteiger partial charge in [-0.05, 0) is 39.5 Å². The van der Waals surface area contributed by atoms with Gasteiger partial charge >= 0.3 is 0 Å². The number of nitrogens with two attached hydrogens (primary N) is 1. The third-order valence-corrected chi connectivity index (χ3v) is 4.01. The molecule has 2 heteroatoms. The number of rotatable bonds is 1. The lowest BCUT2D eigenvalue weighted by Crippen LogP contribution is -2.62. The zero-order valence-electron chi connectivity index (χ0n) is 9.87. The van der Waals surface area contributed by atoms with E-state index in [9.17, 15) is 0 Å². The Balaban J connectivity index is 2.22. The lowest BCUT2D eigenvalue weighted by atomic mass is 9.79. The predicted octanol–water partition coefficient (Wildman–Crippen LogP) is 1.74. The van der Waals surface area contributed by atoms with Crippen LogP contribution in [0.25, 0.3) is 0 Å². The van der Waals surface area contributed by atoms with Gasteiger partial charge in [0.1, 0.15) is 0 Å². The van der Waals surface area contributed by atoms with Crippen LogP contribution in [0.4, 0.5) is 0 Å². The fraction of sp³-hybridized carbons (Fsp3) is 0.846. The largest absolute Gasteiger partial charge is 0.328 e. The molecule has 2 atom stereocenters. The van der Waals surface area contributed by atoms with Crippen LogP contribution in [-0.2, 0) is 0 Å². The van der Waals surface area contributed by atoms with E-state index in [-0.39, 0.29) is 5.54 Å². The minimum Gasteiger partial charge on any atom is -0.328 e. The number of terminal acetylenes is 1. The lowest BCUT2D eigenvalue weighted by Gasteiger charge is -2.53. The van der Waals surface area contributed by atoms with Crippen molar-refractivity contribution in [3.63, 3.8) is 0 Å². The highest BCUT2D eigenvalue weighted by Crippen LogP contribution is 2.38. The molecule has 2 heterocycles. The first kappa shape index (κ1) is 11.0. The van der Waals surface area contributed by atoms with Crippen molar-refractivity contribution in [3.05, 3.63) is 0 Å². The summed E-state index contributed by atoms with van der Waals surface area (Å²) in [6, 6.07) is 1.64. The maximum atomic E-state index is 6.09. The van der Waals surface area contributed by atoms with Crippen molar-refractivity contribution in [2.45, 2.75) is 69.6 Å². The summed E-state index contributed by atoms with van der Waals surface area (Å²) in [5.74, 6) is 2.94. The molecular weight excluding hydrogens is 184 g/mol. The number of piperidine rings is 2. The first-order valence-electron chi connectivity index (χ1n) is 6.06. The van der Waals surface area contributed by atoms with E-state index in [4.69, 9.17) is 12.2 Å². The fourth-order valence-corrected chi connectivity index (χ4v) is 3.41. The van der Waals surface area contributed by atoms with Crippen LogP contribution >= 0.6 is 0 Å². The van der Waals surface area contributed by atoms with Crippen molar-refractivity contribution in [2.75, 3.05) is 0 Å². The molecule has 2 aliphatic heterocycles. The molecule has 0 amide bonds. The Morgan fingerprint density at radius 3 is 2.27 bits per heavy atom. The Morgan fingerprint density at radius 1 is 1.27 bits per heavy atom. The molecule has 0 radical (unpaired) electrons. The molecule has 2 nitrogen and oxygen atoms in total. The molecule has 0 aromatic heterocycles. The molecule has 0 aliphatic carbocycles. The molecule has 0 saturated carbocycles. The zero-order valence-corrected chi connectivity index (χ0v) is 9.87. The third kappa shape index (κ3) is 1.91. The van der Waals surface area contributed by atoms with Crippen LogP contribution in [-0.4, -0.2) is 28.6 Å². The van der Waals surface area contributed by atoms with Gasteiger partial charge in [0, 0.05) is 18.1 Å². The molecule has 0 aromatic rings. The van der Waals surface area contributed by atoms with Gasteiger partial charge in [0.25, 0.3) is 0 Å². The normalized spacial score (nSPS) is 37.3. The van der Waals surface area contributed by atoms with Crippen molar-refractivity contribution in [1.82, 2.24) is 4.90 Å². The summed E-state index contributed by atoms with van der Waals surface area (Å²) in [4.78, 5) is 2.56. The standard InChI is InChI=1S/C13H22N2/c1-4-13(2,3)15-11-6-5-7-12(15)9-10(14)8-11/h1,10-12H,5-9,14H2,2-3H3. The summed E-state index contributed by atoms with van der Waals surface area (Å²) in [7, 11) is 0. The summed E-state index contributed by atoms with van der Waals surface area (Å²) < 4.78 is 0. The molecule has 15 heavy (non-hydrogen) atoms. The van der Waals surface area contributed by atoms with Gasteiger partial charge in [-0.25, -0.2) is 0 Å². The van der Waals surface area contributed by atoms with E-state index in [1.807, 2.05) is 0 Å². The second-order valence-electron chi connectivity index (χ2n) is 5.58. The molecule has 2 fully saturated rings. The fourth-order valence-electron chi connectivity index (χ4n) is 3.41. The third-order valence-electron chi connectivity index (χ3n) is 4.01. The summed E-state index contributed by atoms with van der Waals surface area (Å²) in [6.07, 6.45) is 11.8. The van der Waals surface area contributed by atoms with E-state index in [0.29, 0.717) is 18.1 Å². The molecule has 2 aliphatic rings. The monoisotopic (exact) mass is 206 g/mol. The maximum absolute atomic E-state index is 6.09. The van der Waals surface area contributed by atoms with Crippen molar-refractivity contribution in [3.8, 4) is 12.3 Å². The van der Waals surface area contributed by atoms with Gasteiger partial charge in [0.15, 0.2) is 0 Å². The molecule has 2 unspecified atom stereocenters. The van der Waals surface area contributed by atoms with Gasteiger partial charge in [0.2, 0.25) is 0 Å². The highest BCUT2D eigenvalue weighted by Gasteiger charge is 2.43. The molecule has 0 spiro atoms. The lowest BCUT2D eigenvalue weighted by molar-refractivity contribution is -0.0198. The first-order chi connectivity index (χ1) is 7.04. The van der Waals surface area contributed by atoms with Crippen molar-refractivity contribution in [2.24, 2.45) is 5.73 Å². The Kier molecular flexibility index (Phi) is 2.79. The second-order valence-corrected chi connectivity index (χ2v) is 5.58. The molecule has 2 bridgehead atoms. The zero-order chi connectivity index (χ0) is 11.1. The van der Waals surface area contributed by atoms with Crippen LogP contribution in [0.15, 0.2) is 0 Å². The molecule has 2 N–H and O–H groups in total. The van der Waals surface area contributed by atoms with Crippen molar-refractivity contribution in [1.29, 1.82) is 0 Å². The van der Waals surface area contributed by atoms with Crippen LogP contribution in [0.5, 0.6) is 0 Å². The summed E-state index contributed by atoms with van der Waals surface area (Å²) in [5.41, 5.74) is 5.99. The topological polar surface area (TPSA) is 29.3 Å². The average Bonchev–Trinajstić information content (AvgIpc) is 2.16. The summed E-state index contributed by atoms with van der Waals surface area (Å²) in [6.45, 7) is 4.32. The Labute approximate surface area is 93.2 Å². The van der Waals surface area contributed by atoms with Gasteiger partial charge < -0.3 is 5.73 Å². The Bertz CT molecular complexity index is 263. The van der Waals surface area contributed by atoms with Gasteiger partial charge in [-0.15, -0.1) is 6.42 Å². The maximum Gasteiger partial charge on any atom is 0.0770 e. The average molecular weight is 206 g/mol. The van der Waals surface area contributed by atoms with E-state index >= 15 is 0 Å². The van der Waals surface area contributed by atoms with Gasteiger partial charge in [-0.3, -0.25) is 4.90 Å². The predicted molar refractivity (Wildman–Crippen MR) is 63.4 cm³/mol. The van der Waals surface area contributed by atoms with Gasteiger partial charge in [-0.1, -0.05) is 12.3 Å². The molecule has 84 valence electrons. The molecular formula is C13H22N2. The highest BCUT2D eigenvalue weighted by molar-refractivity contribution is 5.13. The van der Waals surface area contributed by atoms with E-state index in [0.717, 1.165) is 12.8 Å². The van der Waals surface area contributed by atoms with Crippen LogP contribution < -0.4 is 5.73 Å². The van der Waals surface area contributed by atoms with E-state index < -0.39 is 0 Å². The number of fused-ring (bicyclic) bond motifs is 2. The van der Waals surface area contributed by atoms with E-state index in [1.165, 1.54) is 19.3 Å². The summed E-state index contributed by atoms with van der Waals surface area (Å²) >= 11 is 0.